The van der Waals surface area contributed by atoms with Crippen LogP contribution >= 0.6 is 12.6 Å². The molecule has 0 amide bonds. The molecule has 10 heavy (non-hydrogen) atoms. The van der Waals surface area contributed by atoms with E-state index >= 15 is 0 Å². The van der Waals surface area contributed by atoms with Crippen molar-refractivity contribution in [3.63, 3.8) is 0 Å². The van der Waals surface area contributed by atoms with E-state index in [4.69, 9.17) is 5.11 Å². The third-order valence-electron chi connectivity index (χ3n) is 2.05. The molecule has 58 valence electrons. The van der Waals surface area contributed by atoms with Crippen LogP contribution in [0.25, 0.3) is 0 Å². The molecule has 1 fully saturated rings. The lowest BCUT2D eigenvalue weighted by Crippen LogP contribution is -2.21. The zero-order valence-corrected chi connectivity index (χ0v) is 6.68. The van der Waals surface area contributed by atoms with Gasteiger partial charge >= 0.3 is 5.97 Å². The average molecular weight is 160 g/mol. The third-order valence-corrected chi connectivity index (χ3v) is 2.56. The average Bonchev–Trinajstić information content (AvgIpc) is 1.88. The van der Waals surface area contributed by atoms with Crippen LogP contribution in [0.3, 0.4) is 0 Å². The fraction of sp³-hybridized carbons (Fsp3) is 0.857. The van der Waals surface area contributed by atoms with Gasteiger partial charge in [-0.05, 0) is 25.7 Å². The van der Waals surface area contributed by atoms with E-state index in [0.717, 1.165) is 25.7 Å². The van der Waals surface area contributed by atoms with Crippen molar-refractivity contribution >= 4 is 18.6 Å². The first-order valence-electron chi connectivity index (χ1n) is 3.61. The van der Waals surface area contributed by atoms with Gasteiger partial charge in [0.1, 0.15) is 0 Å². The van der Waals surface area contributed by atoms with E-state index in [9.17, 15) is 4.79 Å². The summed E-state index contributed by atoms with van der Waals surface area (Å²) < 4.78 is 0. The van der Waals surface area contributed by atoms with Gasteiger partial charge in [0.2, 0.25) is 0 Å². The van der Waals surface area contributed by atoms with Gasteiger partial charge in [0.05, 0.1) is 5.92 Å². The molecule has 0 heterocycles. The summed E-state index contributed by atoms with van der Waals surface area (Å²) in [5, 5.41) is 9.04. The van der Waals surface area contributed by atoms with Crippen LogP contribution in [0.2, 0.25) is 0 Å². The number of carbonyl (C=O) groups is 1. The van der Waals surface area contributed by atoms with Crippen LogP contribution in [0, 0.1) is 5.92 Å². The fourth-order valence-corrected chi connectivity index (χ4v) is 1.62. The van der Waals surface area contributed by atoms with Gasteiger partial charge in [-0.3, -0.25) is 4.79 Å². The Bertz CT molecular complexity index is 128. The van der Waals surface area contributed by atoms with Gasteiger partial charge in [0.15, 0.2) is 0 Å². The van der Waals surface area contributed by atoms with Crippen molar-refractivity contribution in [2.45, 2.75) is 30.9 Å². The van der Waals surface area contributed by atoms with Gasteiger partial charge < -0.3 is 5.11 Å². The second-order valence-corrected chi connectivity index (χ2v) is 3.57. The van der Waals surface area contributed by atoms with Crippen LogP contribution in [0.15, 0.2) is 0 Å². The van der Waals surface area contributed by atoms with Crippen molar-refractivity contribution in [1.82, 2.24) is 0 Å². The first-order valence-corrected chi connectivity index (χ1v) is 4.12. The molecule has 1 rings (SSSR count). The summed E-state index contributed by atoms with van der Waals surface area (Å²) in [6.07, 6.45) is 3.53. The molecule has 0 saturated heterocycles. The van der Waals surface area contributed by atoms with Crippen LogP contribution < -0.4 is 0 Å². The zero-order valence-electron chi connectivity index (χ0n) is 5.79. The van der Waals surface area contributed by atoms with Crippen molar-refractivity contribution in [2.75, 3.05) is 0 Å². The number of hydrogen-bond acceptors (Lipinski definition) is 2. The SMILES string of the molecule is O=C(O)[C@H]1CC[C@H](S)CC1. The Morgan fingerprint density at radius 3 is 2.20 bits per heavy atom. The maximum atomic E-state index is 10.4. The lowest BCUT2D eigenvalue weighted by molar-refractivity contribution is -0.142. The number of carboxylic acids is 1. The topological polar surface area (TPSA) is 37.3 Å². The summed E-state index contributed by atoms with van der Waals surface area (Å²) in [6.45, 7) is 0. The molecule has 0 bridgehead atoms. The van der Waals surface area contributed by atoms with Crippen molar-refractivity contribution in [2.24, 2.45) is 5.92 Å². The van der Waals surface area contributed by atoms with Crippen molar-refractivity contribution in [3.05, 3.63) is 0 Å². The van der Waals surface area contributed by atoms with Crippen LogP contribution in [-0.4, -0.2) is 16.3 Å². The largest absolute Gasteiger partial charge is 0.481 e. The minimum Gasteiger partial charge on any atom is -0.481 e. The molecule has 0 aromatic heterocycles. The molecular weight excluding hydrogens is 148 g/mol. The van der Waals surface area contributed by atoms with E-state index in [0.29, 0.717) is 5.25 Å². The van der Waals surface area contributed by atoms with Crippen molar-refractivity contribution in [3.8, 4) is 0 Å². The highest BCUT2D eigenvalue weighted by Gasteiger charge is 2.23. The van der Waals surface area contributed by atoms with Gasteiger partial charge in [-0.2, -0.15) is 12.6 Å². The lowest BCUT2D eigenvalue weighted by Gasteiger charge is -2.21. The van der Waals surface area contributed by atoms with Gasteiger partial charge in [-0.15, -0.1) is 0 Å². The third kappa shape index (κ3) is 1.90. The Morgan fingerprint density at radius 2 is 1.80 bits per heavy atom. The molecule has 3 heteroatoms. The van der Waals surface area contributed by atoms with Gasteiger partial charge in [0.25, 0.3) is 0 Å². The molecule has 0 atom stereocenters. The molecule has 1 aliphatic rings. The van der Waals surface area contributed by atoms with E-state index < -0.39 is 5.97 Å². The molecular formula is C7H12O2S. The van der Waals surface area contributed by atoms with Crippen molar-refractivity contribution < 1.29 is 9.90 Å². The molecule has 0 radical (unpaired) electrons. The first kappa shape index (κ1) is 7.92. The van der Waals surface area contributed by atoms with Crippen molar-refractivity contribution in [1.29, 1.82) is 0 Å². The van der Waals surface area contributed by atoms with Gasteiger partial charge in [-0.1, -0.05) is 0 Å². The normalized spacial score (nSPS) is 33.7. The molecule has 0 aliphatic heterocycles. The highest BCUT2D eigenvalue weighted by molar-refractivity contribution is 7.80. The number of aliphatic carboxylic acids is 1. The quantitative estimate of drug-likeness (QED) is 0.571. The number of hydrogen-bond donors (Lipinski definition) is 2. The monoisotopic (exact) mass is 160 g/mol. The zero-order chi connectivity index (χ0) is 7.56. The minimum atomic E-state index is -0.639. The van der Waals surface area contributed by atoms with E-state index in [1.54, 1.807) is 0 Å². The molecule has 1 saturated carbocycles. The summed E-state index contributed by atoms with van der Waals surface area (Å²) >= 11 is 4.28. The predicted octanol–water partition coefficient (Wildman–Crippen LogP) is 1.56. The summed E-state index contributed by atoms with van der Waals surface area (Å²) in [5.74, 6) is -0.733. The van der Waals surface area contributed by atoms with E-state index in [-0.39, 0.29) is 5.92 Å². The molecule has 1 aliphatic carbocycles. The Balaban J connectivity index is 2.33. The number of rotatable bonds is 1. The number of carboxylic acid groups (broad SMARTS) is 1. The van der Waals surface area contributed by atoms with Crippen LogP contribution in [0.4, 0.5) is 0 Å². The summed E-state index contributed by atoms with van der Waals surface area (Å²) in [4.78, 5) is 10.4. The first-order chi connectivity index (χ1) is 4.70. The summed E-state index contributed by atoms with van der Waals surface area (Å²) in [6, 6.07) is 0. The standard InChI is InChI=1S/C7H12O2S/c8-7(9)5-1-3-6(10)4-2-5/h5-6,10H,1-4H2,(H,8,9)/t5-,6-. The Morgan fingerprint density at radius 1 is 1.30 bits per heavy atom. The van der Waals surface area contributed by atoms with E-state index in [1.165, 1.54) is 0 Å². The van der Waals surface area contributed by atoms with E-state index in [1.807, 2.05) is 0 Å². The van der Waals surface area contributed by atoms with Gasteiger partial charge in [0, 0.05) is 5.25 Å². The fourth-order valence-electron chi connectivity index (χ4n) is 1.32. The number of thiol groups is 1. The van der Waals surface area contributed by atoms with Gasteiger partial charge in [-0.25, -0.2) is 0 Å². The van der Waals surface area contributed by atoms with Crippen LogP contribution in [0.5, 0.6) is 0 Å². The molecule has 0 unspecified atom stereocenters. The lowest BCUT2D eigenvalue weighted by atomic mass is 9.89. The molecule has 1 N–H and O–H groups in total. The molecule has 0 spiro atoms. The smallest absolute Gasteiger partial charge is 0.306 e. The highest BCUT2D eigenvalue weighted by Crippen LogP contribution is 2.27. The maximum Gasteiger partial charge on any atom is 0.306 e. The Kier molecular flexibility index (Phi) is 2.60. The molecule has 0 aromatic rings. The minimum absolute atomic E-state index is 0.0941. The molecule has 2 nitrogen and oxygen atoms in total. The Labute approximate surface area is 66.0 Å². The summed E-state index contributed by atoms with van der Waals surface area (Å²) in [5.41, 5.74) is 0. The van der Waals surface area contributed by atoms with E-state index in [2.05, 4.69) is 12.6 Å². The van der Waals surface area contributed by atoms with Crippen LogP contribution in [-0.2, 0) is 4.79 Å². The van der Waals surface area contributed by atoms with Crippen LogP contribution in [0.1, 0.15) is 25.7 Å². The summed E-state index contributed by atoms with van der Waals surface area (Å²) in [7, 11) is 0. The Hall–Kier alpha value is -0.180. The highest BCUT2D eigenvalue weighted by atomic mass is 32.1. The second kappa shape index (κ2) is 3.28. The maximum absolute atomic E-state index is 10.4. The molecule has 0 aromatic carbocycles. The second-order valence-electron chi connectivity index (χ2n) is 2.84. The predicted molar refractivity (Wildman–Crippen MR) is 42.4 cm³/mol.